The van der Waals surface area contributed by atoms with Crippen LogP contribution in [0.25, 0.3) is 66.1 Å². The molecule has 0 spiro atoms. The molecule has 42 heavy (non-hydrogen) atoms. The monoisotopic (exact) mass is 540 g/mol. The van der Waals surface area contributed by atoms with Crippen molar-refractivity contribution in [3.05, 3.63) is 145 Å². The van der Waals surface area contributed by atoms with Crippen molar-refractivity contribution in [2.45, 2.75) is 26.2 Å². The van der Waals surface area contributed by atoms with Gasteiger partial charge in [-0.2, -0.15) is 0 Å². The van der Waals surface area contributed by atoms with Gasteiger partial charge in [0.15, 0.2) is 0 Å². The molecular weight excluding hydrogens is 508 g/mol. The van der Waals surface area contributed by atoms with Crippen LogP contribution in [0.1, 0.15) is 31.7 Å². The lowest BCUT2D eigenvalue weighted by Gasteiger charge is -2.12. The Morgan fingerprint density at radius 1 is 0.452 bits per heavy atom. The average Bonchev–Trinajstić information content (AvgIpc) is 3.57. The van der Waals surface area contributed by atoms with Crippen LogP contribution >= 0.6 is 0 Å². The summed E-state index contributed by atoms with van der Waals surface area (Å²) in [4.78, 5) is 0. The van der Waals surface area contributed by atoms with Crippen LogP contribution in [-0.4, -0.2) is 9.13 Å². The van der Waals surface area contributed by atoms with E-state index in [1.54, 1.807) is 0 Å². The van der Waals surface area contributed by atoms with Crippen LogP contribution in [0.4, 0.5) is 0 Å². The molecule has 0 saturated heterocycles. The second kappa shape index (κ2) is 9.78. The van der Waals surface area contributed by atoms with Crippen molar-refractivity contribution in [1.82, 2.24) is 9.13 Å². The highest BCUT2D eigenvalue weighted by Gasteiger charge is 2.16. The standard InChI is InChI=1S/C40H32N2/c1-3-27(2)28-20-22-40-35(25-28)33-16-8-10-19-38(33)42(40)32-15-11-12-29(24-32)30-21-23-39-36(26-30)34-17-7-9-18-37(34)41(39)31-13-5-4-6-14-31/h4-27H,3H2,1-2H3. The van der Waals surface area contributed by atoms with Crippen molar-refractivity contribution in [3.8, 4) is 22.5 Å². The molecule has 8 aromatic rings. The van der Waals surface area contributed by atoms with Gasteiger partial charge in [-0.15, -0.1) is 0 Å². The lowest BCUT2D eigenvalue weighted by atomic mass is 9.97. The summed E-state index contributed by atoms with van der Waals surface area (Å²) in [5.41, 5.74) is 11.2. The Morgan fingerprint density at radius 2 is 1.00 bits per heavy atom. The van der Waals surface area contributed by atoms with E-state index in [-0.39, 0.29) is 0 Å². The van der Waals surface area contributed by atoms with Gasteiger partial charge in [0.25, 0.3) is 0 Å². The maximum absolute atomic E-state index is 2.42. The molecule has 0 N–H and O–H groups in total. The summed E-state index contributed by atoms with van der Waals surface area (Å²) < 4.78 is 4.80. The summed E-state index contributed by atoms with van der Waals surface area (Å²) in [5, 5.41) is 5.17. The van der Waals surface area contributed by atoms with E-state index >= 15 is 0 Å². The summed E-state index contributed by atoms with van der Waals surface area (Å²) in [6.07, 6.45) is 1.14. The zero-order chi connectivity index (χ0) is 28.2. The molecule has 0 aliphatic heterocycles. The third-order valence-corrected chi connectivity index (χ3v) is 9.00. The number of fused-ring (bicyclic) bond motifs is 6. The fraction of sp³-hybridized carbons (Fsp3) is 0.100. The molecule has 2 nitrogen and oxygen atoms in total. The summed E-state index contributed by atoms with van der Waals surface area (Å²) in [6, 6.07) is 51.1. The zero-order valence-corrected chi connectivity index (χ0v) is 24.0. The van der Waals surface area contributed by atoms with Gasteiger partial charge in [-0.05, 0) is 89.7 Å². The van der Waals surface area contributed by atoms with E-state index in [9.17, 15) is 0 Å². The van der Waals surface area contributed by atoms with Crippen molar-refractivity contribution in [1.29, 1.82) is 0 Å². The van der Waals surface area contributed by atoms with Gasteiger partial charge in [0.1, 0.15) is 0 Å². The number of hydrogen-bond donors (Lipinski definition) is 0. The molecule has 0 bridgehead atoms. The van der Waals surface area contributed by atoms with E-state index < -0.39 is 0 Å². The van der Waals surface area contributed by atoms with Crippen LogP contribution < -0.4 is 0 Å². The van der Waals surface area contributed by atoms with Crippen LogP contribution in [0.2, 0.25) is 0 Å². The first-order chi connectivity index (χ1) is 20.7. The molecule has 202 valence electrons. The Hall–Kier alpha value is -5.08. The Kier molecular flexibility index (Phi) is 5.75. The molecule has 1 atom stereocenters. The molecule has 0 aliphatic carbocycles. The van der Waals surface area contributed by atoms with Crippen molar-refractivity contribution < 1.29 is 0 Å². The first-order valence-electron chi connectivity index (χ1n) is 14.9. The first kappa shape index (κ1) is 24.7. The van der Waals surface area contributed by atoms with Crippen LogP contribution in [0, 0.1) is 0 Å². The van der Waals surface area contributed by atoms with Crippen molar-refractivity contribution in [2.75, 3.05) is 0 Å². The highest BCUT2D eigenvalue weighted by molar-refractivity contribution is 6.11. The number of hydrogen-bond acceptors (Lipinski definition) is 0. The molecule has 8 rings (SSSR count). The fourth-order valence-corrected chi connectivity index (χ4v) is 6.64. The number of nitrogens with zero attached hydrogens (tertiary/aromatic N) is 2. The Morgan fingerprint density at radius 3 is 1.71 bits per heavy atom. The minimum atomic E-state index is 0.544. The maximum Gasteiger partial charge on any atom is 0.0541 e. The molecule has 2 heterocycles. The molecule has 2 aromatic heterocycles. The van der Waals surface area contributed by atoms with Gasteiger partial charge in [-0.1, -0.05) is 92.7 Å². The lowest BCUT2D eigenvalue weighted by Crippen LogP contribution is -1.95. The van der Waals surface area contributed by atoms with E-state index in [0.29, 0.717) is 5.92 Å². The maximum atomic E-state index is 2.42. The van der Waals surface area contributed by atoms with Gasteiger partial charge in [-0.3, -0.25) is 0 Å². The van der Waals surface area contributed by atoms with Crippen LogP contribution in [0.5, 0.6) is 0 Å². The molecule has 0 radical (unpaired) electrons. The quantitative estimate of drug-likeness (QED) is 0.205. The van der Waals surface area contributed by atoms with Gasteiger partial charge in [0.05, 0.1) is 22.1 Å². The minimum absolute atomic E-state index is 0.544. The summed E-state index contributed by atoms with van der Waals surface area (Å²) >= 11 is 0. The number of rotatable bonds is 5. The summed E-state index contributed by atoms with van der Waals surface area (Å²) in [6.45, 7) is 4.58. The average molecular weight is 541 g/mol. The van der Waals surface area contributed by atoms with Gasteiger partial charge in [0, 0.05) is 32.9 Å². The van der Waals surface area contributed by atoms with Gasteiger partial charge >= 0.3 is 0 Å². The topological polar surface area (TPSA) is 9.86 Å². The fourth-order valence-electron chi connectivity index (χ4n) is 6.64. The normalized spacial score (nSPS) is 12.5. The smallest absolute Gasteiger partial charge is 0.0541 e. The van der Waals surface area contributed by atoms with Crippen LogP contribution in [0.3, 0.4) is 0 Å². The lowest BCUT2D eigenvalue weighted by molar-refractivity contribution is 0.735. The van der Waals surface area contributed by atoms with E-state index in [2.05, 4.69) is 163 Å². The number of para-hydroxylation sites is 3. The minimum Gasteiger partial charge on any atom is -0.309 e. The molecular formula is C40H32N2. The highest BCUT2D eigenvalue weighted by atomic mass is 15.0. The summed E-state index contributed by atoms with van der Waals surface area (Å²) in [7, 11) is 0. The van der Waals surface area contributed by atoms with E-state index in [0.717, 1.165) is 6.42 Å². The molecule has 0 amide bonds. The van der Waals surface area contributed by atoms with Crippen molar-refractivity contribution in [2.24, 2.45) is 0 Å². The van der Waals surface area contributed by atoms with E-state index in [1.807, 2.05) is 0 Å². The Balaban J connectivity index is 1.31. The molecule has 1 unspecified atom stereocenters. The second-order valence-corrected chi connectivity index (χ2v) is 11.4. The highest BCUT2D eigenvalue weighted by Crippen LogP contribution is 2.37. The Labute approximate surface area is 246 Å². The second-order valence-electron chi connectivity index (χ2n) is 11.4. The van der Waals surface area contributed by atoms with Crippen LogP contribution in [0.15, 0.2) is 140 Å². The van der Waals surface area contributed by atoms with E-state index in [1.165, 1.54) is 71.7 Å². The molecule has 2 heteroatoms. The predicted molar refractivity (Wildman–Crippen MR) is 179 cm³/mol. The van der Waals surface area contributed by atoms with Gasteiger partial charge in [0.2, 0.25) is 0 Å². The third-order valence-electron chi connectivity index (χ3n) is 9.00. The van der Waals surface area contributed by atoms with Crippen molar-refractivity contribution >= 4 is 43.6 Å². The summed E-state index contributed by atoms with van der Waals surface area (Å²) in [5.74, 6) is 0.544. The predicted octanol–water partition coefficient (Wildman–Crippen LogP) is 11.1. The number of aromatic nitrogens is 2. The molecule has 0 aliphatic rings. The Bertz CT molecular complexity index is 2250. The van der Waals surface area contributed by atoms with Crippen LogP contribution in [-0.2, 0) is 0 Å². The largest absolute Gasteiger partial charge is 0.309 e. The first-order valence-corrected chi connectivity index (χ1v) is 14.9. The number of benzene rings is 6. The third kappa shape index (κ3) is 3.79. The van der Waals surface area contributed by atoms with E-state index in [4.69, 9.17) is 0 Å². The van der Waals surface area contributed by atoms with Crippen molar-refractivity contribution in [3.63, 3.8) is 0 Å². The van der Waals surface area contributed by atoms with Gasteiger partial charge < -0.3 is 9.13 Å². The van der Waals surface area contributed by atoms with Gasteiger partial charge in [-0.25, -0.2) is 0 Å². The molecule has 0 fully saturated rings. The zero-order valence-electron chi connectivity index (χ0n) is 24.0. The molecule has 6 aromatic carbocycles. The molecule has 0 saturated carbocycles. The SMILES string of the molecule is CCC(C)c1ccc2c(c1)c1ccccc1n2-c1cccc(-c2ccc3c(c2)c2ccccc2n3-c2ccccc2)c1.